The van der Waals surface area contributed by atoms with Gasteiger partial charge in [-0.1, -0.05) is 42.8 Å². The van der Waals surface area contributed by atoms with Crippen molar-refractivity contribution in [1.29, 1.82) is 0 Å². The topological polar surface area (TPSA) is 57.6 Å². The van der Waals surface area contributed by atoms with Crippen LogP contribution in [0.15, 0.2) is 53.1 Å². The molecule has 0 spiro atoms. The number of ketones is 1. The molecule has 3 atom stereocenters. The molecule has 0 saturated heterocycles. The number of hydrogen-bond donors (Lipinski definition) is 1. The lowest BCUT2D eigenvalue weighted by molar-refractivity contribution is -0.132. The molecule has 2 aliphatic carbocycles. The third-order valence-corrected chi connectivity index (χ3v) is 7.52. The predicted octanol–water partition coefficient (Wildman–Crippen LogP) is 4.60. The molecule has 0 amide bonds. The Morgan fingerprint density at radius 2 is 1.96 bits per heavy atom. The monoisotopic (exact) mass is 397 g/mol. The van der Waals surface area contributed by atoms with E-state index in [4.69, 9.17) is 0 Å². The first-order chi connectivity index (χ1) is 13.6. The Hall–Kier alpha value is -2.01. The molecule has 3 aliphatic rings. The zero-order valence-electron chi connectivity index (χ0n) is 16.0. The number of nitrogens with zero attached hydrogens (tertiary/aromatic N) is 1. The van der Waals surface area contributed by atoms with E-state index >= 15 is 0 Å². The number of Topliss-reactive ketones (excluding diaryl/α,β-unsaturated/α-hetero) is 1. The van der Waals surface area contributed by atoms with Crippen molar-refractivity contribution in [3.8, 4) is 0 Å². The summed E-state index contributed by atoms with van der Waals surface area (Å²) < 4.78 is 0. The van der Waals surface area contributed by atoms with Crippen molar-refractivity contribution in [1.82, 2.24) is 4.90 Å². The number of thioether (sulfide) groups is 1. The van der Waals surface area contributed by atoms with Crippen molar-refractivity contribution >= 4 is 23.5 Å². The number of benzene rings is 1. The summed E-state index contributed by atoms with van der Waals surface area (Å²) in [5.41, 5.74) is 1.09. The summed E-state index contributed by atoms with van der Waals surface area (Å²) in [6.45, 7) is 1.71. The van der Waals surface area contributed by atoms with Crippen molar-refractivity contribution in [3.05, 3.63) is 58.6 Å². The highest BCUT2D eigenvalue weighted by Crippen LogP contribution is 2.49. The summed E-state index contributed by atoms with van der Waals surface area (Å²) >= 11 is 1.52. The van der Waals surface area contributed by atoms with Crippen molar-refractivity contribution in [2.45, 2.75) is 32.1 Å². The molecule has 4 rings (SSSR count). The standard InChI is InChI=1S/C23H27NO3S/c25-21(17-5-2-1-3-6-17)10-12-28-22-20(23(26)27)7-4-11-24(22)15-19-14-16-8-9-18(19)13-16/h1-7,16,18-19H,8-15H2,(H,26,27). The molecule has 148 valence electrons. The number of carbonyl (C=O) groups excluding carboxylic acids is 1. The molecule has 3 unspecified atom stereocenters. The zero-order chi connectivity index (χ0) is 19.5. The average Bonchev–Trinajstić information content (AvgIpc) is 3.32. The van der Waals surface area contributed by atoms with Gasteiger partial charge in [0.1, 0.15) is 0 Å². The number of rotatable bonds is 8. The highest BCUT2D eigenvalue weighted by molar-refractivity contribution is 8.03. The van der Waals surface area contributed by atoms with E-state index in [2.05, 4.69) is 4.90 Å². The maximum atomic E-state index is 12.4. The van der Waals surface area contributed by atoms with Gasteiger partial charge in [0.05, 0.1) is 10.6 Å². The van der Waals surface area contributed by atoms with E-state index in [9.17, 15) is 14.7 Å². The predicted molar refractivity (Wildman–Crippen MR) is 112 cm³/mol. The number of carboxylic acid groups (broad SMARTS) is 1. The highest BCUT2D eigenvalue weighted by Gasteiger charge is 2.40. The Morgan fingerprint density at radius 1 is 1.14 bits per heavy atom. The average molecular weight is 398 g/mol. The molecular weight excluding hydrogens is 370 g/mol. The molecule has 0 radical (unpaired) electrons. The third kappa shape index (κ3) is 4.19. The second kappa shape index (κ2) is 8.56. The van der Waals surface area contributed by atoms with Crippen molar-refractivity contribution in [2.24, 2.45) is 17.8 Å². The van der Waals surface area contributed by atoms with Gasteiger partial charge in [0.15, 0.2) is 5.78 Å². The molecule has 0 aromatic heterocycles. The van der Waals surface area contributed by atoms with Gasteiger partial charge in [0, 0.05) is 30.8 Å². The Bertz CT molecular complexity index is 801. The van der Waals surface area contributed by atoms with E-state index in [0.717, 1.165) is 35.5 Å². The summed E-state index contributed by atoms with van der Waals surface area (Å²) in [5.74, 6) is 2.21. The first kappa shape index (κ1) is 19.3. The Kier molecular flexibility index (Phi) is 5.90. The molecule has 5 heteroatoms. The fourth-order valence-corrected chi connectivity index (χ4v) is 6.13. The van der Waals surface area contributed by atoms with Crippen LogP contribution in [-0.4, -0.2) is 40.6 Å². The van der Waals surface area contributed by atoms with Crippen LogP contribution in [0.5, 0.6) is 0 Å². The van der Waals surface area contributed by atoms with Crippen LogP contribution in [0.4, 0.5) is 0 Å². The fraction of sp³-hybridized carbons (Fsp3) is 0.478. The lowest BCUT2D eigenvalue weighted by Crippen LogP contribution is -2.33. The van der Waals surface area contributed by atoms with Gasteiger partial charge in [-0.15, -0.1) is 11.8 Å². The minimum absolute atomic E-state index is 0.108. The summed E-state index contributed by atoms with van der Waals surface area (Å²) in [7, 11) is 0. The molecule has 1 N–H and O–H groups in total. The van der Waals surface area contributed by atoms with E-state index < -0.39 is 5.97 Å². The molecule has 28 heavy (non-hydrogen) atoms. The van der Waals surface area contributed by atoms with Gasteiger partial charge < -0.3 is 10.0 Å². The molecule has 1 aliphatic heterocycles. The smallest absolute Gasteiger partial charge is 0.338 e. The van der Waals surface area contributed by atoms with E-state index in [0.29, 0.717) is 23.7 Å². The fourth-order valence-electron chi connectivity index (χ4n) is 5.00. The van der Waals surface area contributed by atoms with Gasteiger partial charge in [0.25, 0.3) is 0 Å². The number of hydrogen-bond acceptors (Lipinski definition) is 4. The number of fused-ring (bicyclic) bond motifs is 2. The first-order valence-electron chi connectivity index (χ1n) is 10.2. The Balaban J connectivity index is 1.41. The second-order valence-electron chi connectivity index (χ2n) is 8.15. The largest absolute Gasteiger partial charge is 0.478 e. The normalized spacial score (nSPS) is 26.1. The van der Waals surface area contributed by atoms with Crippen LogP contribution in [0, 0.1) is 17.8 Å². The van der Waals surface area contributed by atoms with Crippen LogP contribution in [0.25, 0.3) is 0 Å². The van der Waals surface area contributed by atoms with Gasteiger partial charge in [-0.05, 0) is 43.1 Å². The summed E-state index contributed by atoms with van der Waals surface area (Å²) in [5, 5.41) is 10.5. The summed E-state index contributed by atoms with van der Waals surface area (Å²) in [6.07, 6.45) is 9.45. The Labute approximate surface area is 170 Å². The van der Waals surface area contributed by atoms with Gasteiger partial charge in [-0.25, -0.2) is 4.79 Å². The molecule has 2 bridgehead atoms. The lowest BCUT2D eigenvalue weighted by Gasteiger charge is -2.34. The van der Waals surface area contributed by atoms with E-state index in [-0.39, 0.29) is 5.78 Å². The Morgan fingerprint density at radius 3 is 2.64 bits per heavy atom. The van der Waals surface area contributed by atoms with Gasteiger partial charge >= 0.3 is 5.97 Å². The molecule has 1 aromatic rings. The molecule has 4 nitrogen and oxygen atoms in total. The number of carbonyl (C=O) groups is 2. The zero-order valence-corrected chi connectivity index (χ0v) is 16.9. The number of aliphatic carboxylic acids is 1. The van der Waals surface area contributed by atoms with Gasteiger partial charge in [0.2, 0.25) is 0 Å². The quantitative estimate of drug-likeness (QED) is 0.650. The maximum Gasteiger partial charge on any atom is 0.338 e. The molecule has 1 heterocycles. The van der Waals surface area contributed by atoms with Crippen molar-refractivity contribution in [3.63, 3.8) is 0 Å². The highest BCUT2D eigenvalue weighted by atomic mass is 32.2. The van der Waals surface area contributed by atoms with Gasteiger partial charge in [-0.2, -0.15) is 0 Å². The molecular formula is C23H27NO3S. The first-order valence-corrected chi connectivity index (χ1v) is 11.2. The van der Waals surface area contributed by atoms with Crippen LogP contribution in [0.1, 0.15) is 42.5 Å². The minimum Gasteiger partial charge on any atom is -0.478 e. The second-order valence-corrected chi connectivity index (χ2v) is 9.24. The maximum absolute atomic E-state index is 12.4. The van der Waals surface area contributed by atoms with Crippen LogP contribution < -0.4 is 0 Å². The van der Waals surface area contributed by atoms with Crippen LogP contribution in [0.2, 0.25) is 0 Å². The van der Waals surface area contributed by atoms with Crippen molar-refractivity contribution < 1.29 is 14.7 Å². The van der Waals surface area contributed by atoms with Crippen molar-refractivity contribution in [2.75, 3.05) is 18.8 Å². The minimum atomic E-state index is -0.884. The van der Waals surface area contributed by atoms with Crippen LogP contribution in [0.3, 0.4) is 0 Å². The number of carboxylic acids is 1. The molecule has 2 fully saturated rings. The molecule has 2 saturated carbocycles. The van der Waals surface area contributed by atoms with Crippen LogP contribution in [-0.2, 0) is 4.79 Å². The summed E-state index contributed by atoms with van der Waals surface area (Å²) in [6, 6.07) is 9.31. The van der Waals surface area contributed by atoms with Crippen LogP contribution >= 0.6 is 11.8 Å². The third-order valence-electron chi connectivity index (χ3n) is 6.36. The lowest BCUT2D eigenvalue weighted by atomic mass is 9.88. The van der Waals surface area contributed by atoms with E-state index in [1.54, 1.807) is 6.08 Å². The summed E-state index contributed by atoms with van der Waals surface area (Å²) in [4.78, 5) is 26.4. The van der Waals surface area contributed by atoms with E-state index in [1.807, 2.05) is 36.4 Å². The van der Waals surface area contributed by atoms with E-state index in [1.165, 1.54) is 37.4 Å². The van der Waals surface area contributed by atoms with Gasteiger partial charge in [-0.3, -0.25) is 4.79 Å². The SMILES string of the molecule is O=C(O)C1=C(SCCC(=O)c2ccccc2)N(CC2CC3CCC2C3)CC=C1. The molecule has 1 aromatic carbocycles.